The van der Waals surface area contributed by atoms with Gasteiger partial charge in [-0.25, -0.2) is 0 Å². The summed E-state index contributed by atoms with van der Waals surface area (Å²) in [5.74, 6) is 0.878. The molecule has 32 heavy (non-hydrogen) atoms. The Kier molecular flexibility index (Phi) is 7.35. The molecule has 1 aromatic heterocycles. The van der Waals surface area contributed by atoms with E-state index < -0.39 is 0 Å². The zero-order valence-corrected chi connectivity index (χ0v) is 19.4. The van der Waals surface area contributed by atoms with Crippen LogP contribution in [0.2, 0.25) is 15.1 Å². The molecule has 1 N–H and O–H groups in total. The third-order valence-electron chi connectivity index (χ3n) is 5.13. The number of benzene rings is 2. The van der Waals surface area contributed by atoms with Gasteiger partial charge in [-0.15, -0.1) is 10.2 Å². The molecule has 0 atom stereocenters. The van der Waals surface area contributed by atoms with E-state index in [1.54, 1.807) is 12.1 Å². The van der Waals surface area contributed by atoms with Crippen molar-refractivity contribution < 1.29 is 9.53 Å². The summed E-state index contributed by atoms with van der Waals surface area (Å²) in [6.07, 6.45) is 3.67. The first-order valence-corrected chi connectivity index (χ1v) is 11.4. The number of amides is 1. The van der Waals surface area contributed by atoms with Crippen molar-refractivity contribution in [1.82, 2.24) is 10.2 Å². The van der Waals surface area contributed by atoms with E-state index in [9.17, 15) is 4.79 Å². The van der Waals surface area contributed by atoms with Gasteiger partial charge in [-0.05, 0) is 49.6 Å². The van der Waals surface area contributed by atoms with Crippen LogP contribution in [0.25, 0.3) is 11.3 Å². The molecule has 3 aromatic rings. The van der Waals surface area contributed by atoms with Gasteiger partial charge in [0.1, 0.15) is 5.75 Å². The number of carbonyl (C=O) groups is 1. The lowest BCUT2D eigenvalue weighted by Gasteiger charge is -2.27. The van der Waals surface area contributed by atoms with Gasteiger partial charge in [0, 0.05) is 30.4 Å². The van der Waals surface area contributed by atoms with E-state index in [2.05, 4.69) is 20.4 Å². The van der Waals surface area contributed by atoms with Crippen molar-refractivity contribution >= 4 is 52.2 Å². The fourth-order valence-corrected chi connectivity index (χ4v) is 4.04. The van der Waals surface area contributed by atoms with Crippen molar-refractivity contribution in [2.75, 3.05) is 29.9 Å². The molecule has 0 spiro atoms. The van der Waals surface area contributed by atoms with Gasteiger partial charge in [0.15, 0.2) is 12.4 Å². The maximum Gasteiger partial charge on any atom is 0.262 e. The molecular weight excluding hydrogens is 471 g/mol. The van der Waals surface area contributed by atoms with E-state index >= 15 is 0 Å². The molecule has 2 aromatic carbocycles. The Labute approximate surface area is 201 Å². The van der Waals surface area contributed by atoms with E-state index in [0.29, 0.717) is 15.7 Å². The molecule has 1 saturated heterocycles. The van der Waals surface area contributed by atoms with Gasteiger partial charge in [-0.2, -0.15) is 0 Å². The lowest BCUT2D eigenvalue weighted by atomic mass is 10.1. The van der Waals surface area contributed by atoms with Gasteiger partial charge in [-0.3, -0.25) is 4.79 Å². The normalized spacial score (nSPS) is 13.7. The molecule has 1 amide bonds. The highest BCUT2D eigenvalue weighted by molar-refractivity contribution is 6.43. The Bertz CT molecular complexity index is 1090. The molecule has 4 rings (SSSR count). The van der Waals surface area contributed by atoms with Gasteiger partial charge in [-0.1, -0.05) is 46.9 Å². The molecule has 9 heteroatoms. The fourth-order valence-electron chi connectivity index (χ4n) is 3.45. The molecule has 1 fully saturated rings. The number of nitrogens with one attached hydrogen (secondary N) is 1. The van der Waals surface area contributed by atoms with Crippen LogP contribution >= 0.6 is 34.8 Å². The van der Waals surface area contributed by atoms with Gasteiger partial charge in [0.2, 0.25) is 0 Å². The third-order valence-corrected chi connectivity index (χ3v) is 6.15. The lowest BCUT2D eigenvalue weighted by molar-refractivity contribution is -0.118. The third kappa shape index (κ3) is 5.63. The molecule has 1 aliphatic heterocycles. The van der Waals surface area contributed by atoms with Crippen molar-refractivity contribution in [2.24, 2.45) is 0 Å². The average molecular weight is 492 g/mol. The number of carbonyl (C=O) groups excluding carboxylic acids is 1. The summed E-state index contributed by atoms with van der Waals surface area (Å²) in [6, 6.07) is 14.3. The quantitative estimate of drug-likeness (QED) is 0.421. The first kappa shape index (κ1) is 22.6. The molecule has 0 radical (unpaired) electrons. The highest BCUT2D eigenvalue weighted by Crippen LogP contribution is 2.33. The van der Waals surface area contributed by atoms with Crippen molar-refractivity contribution in [3.05, 3.63) is 63.6 Å². The van der Waals surface area contributed by atoms with E-state index in [0.717, 1.165) is 30.2 Å². The Hall–Kier alpha value is -2.54. The second-order valence-electron chi connectivity index (χ2n) is 7.44. The molecule has 0 unspecified atom stereocenters. The van der Waals surface area contributed by atoms with Crippen molar-refractivity contribution in [3.63, 3.8) is 0 Å². The first-order chi connectivity index (χ1) is 15.5. The predicted molar refractivity (Wildman–Crippen MR) is 129 cm³/mol. The number of piperidine rings is 1. The van der Waals surface area contributed by atoms with E-state index in [-0.39, 0.29) is 23.3 Å². The van der Waals surface area contributed by atoms with Crippen LogP contribution in [0, 0.1) is 0 Å². The number of rotatable bonds is 6. The van der Waals surface area contributed by atoms with Gasteiger partial charge >= 0.3 is 0 Å². The second kappa shape index (κ2) is 10.4. The number of hydrogen-bond donors (Lipinski definition) is 1. The SMILES string of the molecule is O=C(COc1cc(Cl)c(Cl)cc1Cl)Nc1ccc(-c2ccc(N3CCCCC3)nn2)cc1. The highest BCUT2D eigenvalue weighted by atomic mass is 35.5. The monoisotopic (exact) mass is 490 g/mol. The Morgan fingerprint density at radius 3 is 2.31 bits per heavy atom. The zero-order chi connectivity index (χ0) is 22.5. The number of anilines is 2. The average Bonchev–Trinajstić information content (AvgIpc) is 2.82. The second-order valence-corrected chi connectivity index (χ2v) is 8.66. The molecule has 2 heterocycles. The number of halogens is 3. The Morgan fingerprint density at radius 2 is 1.62 bits per heavy atom. The van der Waals surface area contributed by atoms with Crippen LogP contribution in [0.5, 0.6) is 5.75 Å². The summed E-state index contributed by atoms with van der Waals surface area (Å²) < 4.78 is 5.45. The Balaban J connectivity index is 1.33. The summed E-state index contributed by atoms with van der Waals surface area (Å²) in [5, 5.41) is 12.4. The number of hydrogen-bond acceptors (Lipinski definition) is 5. The van der Waals surface area contributed by atoms with E-state index in [4.69, 9.17) is 39.5 Å². The fraction of sp³-hybridized carbons (Fsp3) is 0.261. The van der Waals surface area contributed by atoms with Crippen LogP contribution < -0.4 is 15.0 Å². The van der Waals surface area contributed by atoms with Crippen molar-refractivity contribution in [2.45, 2.75) is 19.3 Å². The minimum Gasteiger partial charge on any atom is -0.482 e. The standard InChI is InChI=1S/C23H21Cl3N4O2/c24-17-12-19(26)21(13-18(17)25)32-14-23(31)27-16-6-4-15(5-7-16)20-8-9-22(29-28-20)30-10-2-1-3-11-30/h4-9,12-13H,1-3,10-11,14H2,(H,27,31). The number of ether oxygens (including phenoxy) is 1. The van der Waals surface area contributed by atoms with Crippen LogP contribution in [0.4, 0.5) is 11.5 Å². The lowest BCUT2D eigenvalue weighted by Crippen LogP contribution is -2.30. The first-order valence-electron chi connectivity index (χ1n) is 10.3. The van der Waals surface area contributed by atoms with Gasteiger partial charge in [0.05, 0.1) is 20.8 Å². The van der Waals surface area contributed by atoms with Gasteiger partial charge in [0.25, 0.3) is 5.91 Å². The van der Waals surface area contributed by atoms with E-state index in [1.165, 1.54) is 31.4 Å². The van der Waals surface area contributed by atoms with Crippen molar-refractivity contribution in [1.29, 1.82) is 0 Å². The van der Waals surface area contributed by atoms with Crippen LogP contribution in [-0.4, -0.2) is 35.8 Å². The highest BCUT2D eigenvalue weighted by Gasteiger charge is 2.13. The van der Waals surface area contributed by atoms with Crippen LogP contribution in [-0.2, 0) is 4.79 Å². The van der Waals surface area contributed by atoms with Crippen LogP contribution in [0.1, 0.15) is 19.3 Å². The molecule has 0 aliphatic carbocycles. The Morgan fingerprint density at radius 1 is 0.906 bits per heavy atom. The summed E-state index contributed by atoms with van der Waals surface area (Å²) >= 11 is 17.9. The van der Waals surface area contributed by atoms with Crippen LogP contribution in [0.3, 0.4) is 0 Å². The zero-order valence-electron chi connectivity index (χ0n) is 17.2. The smallest absolute Gasteiger partial charge is 0.262 e. The minimum absolute atomic E-state index is 0.219. The van der Waals surface area contributed by atoms with E-state index in [1.807, 2.05) is 24.3 Å². The van der Waals surface area contributed by atoms with Gasteiger partial charge < -0.3 is 15.0 Å². The molecular formula is C23H21Cl3N4O2. The minimum atomic E-state index is -0.328. The molecule has 166 valence electrons. The largest absolute Gasteiger partial charge is 0.482 e. The summed E-state index contributed by atoms with van der Waals surface area (Å²) in [6.45, 7) is 1.84. The molecule has 1 aliphatic rings. The van der Waals surface area contributed by atoms with Crippen molar-refractivity contribution in [3.8, 4) is 17.0 Å². The predicted octanol–water partition coefficient (Wildman–Crippen LogP) is 6.11. The summed E-state index contributed by atoms with van der Waals surface area (Å²) in [5.41, 5.74) is 2.33. The molecule has 6 nitrogen and oxygen atoms in total. The molecule has 0 bridgehead atoms. The summed E-state index contributed by atoms with van der Waals surface area (Å²) in [7, 11) is 0. The maximum atomic E-state index is 12.2. The topological polar surface area (TPSA) is 67.3 Å². The summed E-state index contributed by atoms with van der Waals surface area (Å²) in [4.78, 5) is 14.5. The molecule has 0 saturated carbocycles. The number of aromatic nitrogens is 2. The number of nitrogens with zero attached hydrogens (tertiary/aromatic N) is 3. The maximum absolute atomic E-state index is 12.2. The van der Waals surface area contributed by atoms with Crippen LogP contribution in [0.15, 0.2) is 48.5 Å².